The molecule has 224 valence electrons. The molecule has 3 aromatic rings. The van der Waals surface area contributed by atoms with Crippen LogP contribution < -0.4 is 21.9 Å². The molecule has 0 spiro atoms. The van der Waals surface area contributed by atoms with Gasteiger partial charge in [0.25, 0.3) is 17.4 Å². The molecule has 2 heterocycles. The minimum Gasteiger partial charge on any atom is -0.366 e. The van der Waals surface area contributed by atoms with Gasteiger partial charge in [-0.05, 0) is 33.0 Å². The molecule has 42 heavy (non-hydrogen) atoms. The van der Waals surface area contributed by atoms with Crippen LogP contribution in [0.1, 0.15) is 40.1 Å². The maximum Gasteiger partial charge on any atom is 0.417 e. The molecule has 8 nitrogen and oxygen atoms in total. The van der Waals surface area contributed by atoms with Gasteiger partial charge in [-0.2, -0.15) is 13.2 Å². The smallest absolute Gasteiger partial charge is 0.366 e. The SMILES string of the molecule is C[C@@H]1CN(c2c(C(N)=O)c(F)c(-c3ccc(F)cc3F)c(F)c2-n2cc(C(N)=O)c(C(F)(F)F)cc2=O)C[C@H](C)N1C. The van der Waals surface area contributed by atoms with Crippen molar-refractivity contribution in [1.82, 2.24) is 9.47 Å². The quantitative estimate of drug-likeness (QED) is 0.433. The summed E-state index contributed by atoms with van der Waals surface area (Å²) in [6.45, 7) is 3.48. The van der Waals surface area contributed by atoms with Gasteiger partial charge in [0.1, 0.15) is 28.7 Å². The molecule has 4 rings (SSSR count). The molecule has 15 heteroatoms. The maximum absolute atomic E-state index is 16.6. The minimum atomic E-state index is -5.23. The van der Waals surface area contributed by atoms with Gasteiger partial charge in [-0.15, -0.1) is 0 Å². The minimum absolute atomic E-state index is 0.00465. The fourth-order valence-corrected chi connectivity index (χ4v) is 5.07. The largest absolute Gasteiger partial charge is 0.417 e. The number of alkyl halides is 3. The van der Waals surface area contributed by atoms with Crippen LogP contribution in [0.3, 0.4) is 0 Å². The number of primary amides is 2. The van der Waals surface area contributed by atoms with Crippen molar-refractivity contribution in [1.29, 1.82) is 0 Å². The van der Waals surface area contributed by atoms with Crippen molar-refractivity contribution >= 4 is 17.5 Å². The van der Waals surface area contributed by atoms with Crippen LogP contribution >= 0.6 is 0 Å². The van der Waals surface area contributed by atoms with Crippen molar-refractivity contribution in [3.05, 3.63) is 80.8 Å². The summed E-state index contributed by atoms with van der Waals surface area (Å²) in [5.41, 5.74) is 1.42. The van der Waals surface area contributed by atoms with Crippen molar-refractivity contribution in [3.63, 3.8) is 0 Å². The molecule has 4 N–H and O–H groups in total. The molecule has 1 aromatic heterocycles. The lowest BCUT2D eigenvalue weighted by molar-refractivity contribution is -0.138. The second-order valence-electron chi connectivity index (χ2n) is 10.0. The van der Waals surface area contributed by atoms with E-state index in [0.717, 1.165) is 0 Å². The summed E-state index contributed by atoms with van der Waals surface area (Å²) in [5.74, 6) is -9.03. The second-order valence-corrected chi connectivity index (χ2v) is 10.0. The first-order valence-electron chi connectivity index (χ1n) is 12.4. The second kappa shape index (κ2) is 10.8. The van der Waals surface area contributed by atoms with E-state index in [9.17, 15) is 36.3 Å². The predicted molar refractivity (Wildman–Crippen MR) is 138 cm³/mol. The molecule has 0 bridgehead atoms. The van der Waals surface area contributed by atoms with Crippen molar-refractivity contribution in [2.75, 3.05) is 25.0 Å². The van der Waals surface area contributed by atoms with E-state index >= 15 is 8.78 Å². The number of nitrogens with zero attached hydrogens (tertiary/aromatic N) is 3. The van der Waals surface area contributed by atoms with E-state index in [1.54, 1.807) is 20.9 Å². The molecule has 2 amide bonds. The highest BCUT2D eigenvalue weighted by atomic mass is 19.4. The Morgan fingerprint density at radius 3 is 2.00 bits per heavy atom. The third-order valence-corrected chi connectivity index (χ3v) is 7.32. The van der Waals surface area contributed by atoms with Gasteiger partial charge in [0, 0.05) is 49.1 Å². The van der Waals surface area contributed by atoms with Gasteiger partial charge < -0.3 is 16.4 Å². The number of carbonyl (C=O) groups is 2. The van der Waals surface area contributed by atoms with E-state index in [1.165, 1.54) is 4.90 Å². The first kappa shape index (κ1) is 30.6. The van der Waals surface area contributed by atoms with Crippen LogP contribution in [0.15, 0.2) is 35.3 Å². The van der Waals surface area contributed by atoms with E-state index in [4.69, 9.17) is 11.5 Å². The van der Waals surface area contributed by atoms with E-state index in [-0.39, 0.29) is 35.8 Å². The zero-order chi connectivity index (χ0) is 31.4. The molecule has 2 aromatic carbocycles. The molecule has 2 atom stereocenters. The van der Waals surface area contributed by atoms with Crippen LogP contribution in [-0.4, -0.2) is 53.5 Å². The van der Waals surface area contributed by atoms with E-state index in [2.05, 4.69) is 0 Å². The summed E-state index contributed by atoms with van der Waals surface area (Å²) in [6, 6.07) is 1.02. The van der Waals surface area contributed by atoms with Crippen molar-refractivity contribution in [2.45, 2.75) is 32.1 Å². The molecule has 1 aliphatic heterocycles. The Kier molecular flexibility index (Phi) is 7.84. The van der Waals surface area contributed by atoms with E-state index < -0.39 is 86.0 Å². The van der Waals surface area contributed by atoms with Gasteiger partial charge in [-0.25, -0.2) is 17.6 Å². The number of carbonyl (C=O) groups excluding carboxylic acids is 2. The van der Waals surface area contributed by atoms with Gasteiger partial charge in [-0.3, -0.25) is 23.9 Å². The summed E-state index contributed by atoms with van der Waals surface area (Å²) in [7, 11) is 1.77. The Hall–Kier alpha value is -4.40. The molecule has 1 aliphatic rings. The molecule has 0 radical (unpaired) electrons. The summed E-state index contributed by atoms with van der Waals surface area (Å²) >= 11 is 0. The monoisotopic (exact) mass is 599 g/mol. The van der Waals surface area contributed by atoms with Gasteiger partial charge in [0.05, 0.1) is 22.4 Å². The third-order valence-electron chi connectivity index (χ3n) is 7.32. The first-order valence-corrected chi connectivity index (χ1v) is 12.4. The average molecular weight is 600 g/mol. The highest BCUT2D eigenvalue weighted by Crippen LogP contribution is 2.42. The number of benzene rings is 2. The number of hydrogen-bond donors (Lipinski definition) is 2. The molecule has 0 aliphatic carbocycles. The number of nitrogens with two attached hydrogens (primary N) is 2. The number of rotatable bonds is 5. The summed E-state index contributed by atoms with van der Waals surface area (Å²) < 4.78 is 102. The summed E-state index contributed by atoms with van der Waals surface area (Å²) in [4.78, 5) is 41.1. The molecular formula is C27H24F7N5O3. The first-order chi connectivity index (χ1) is 19.4. The molecule has 1 saturated heterocycles. The fourth-order valence-electron chi connectivity index (χ4n) is 5.07. The Bertz CT molecular complexity index is 1660. The van der Waals surface area contributed by atoms with Crippen LogP contribution in [-0.2, 0) is 6.18 Å². The molecule has 0 unspecified atom stereocenters. The zero-order valence-electron chi connectivity index (χ0n) is 22.3. The lowest BCUT2D eigenvalue weighted by Gasteiger charge is -2.44. The molecule has 0 saturated carbocycles. The number of halogens is 7. The number of pyridine rings is 1. The topological polar surface area (TPSA) is 115 Å². The van der Waals surface area contributed by atoms with Gasteiger partial charge >= 0.3 is 6.18 Å². The van der Waals surface area contributed by atoms with Gasteiger partial charge in [-0.1, -0.05) is 0 Å². The summed E-state index contributed by atoms with van der Waals surface area (Å²) in [5, 5.41) is 0. The maximum atomic E-state index is 16.6. The molecular weight excluding hydrogens is 575 g/mol. The average Bonchev–Trinajstić information content (AvgIpc) is 2.87. The van der Waals surface area contributed by atoms with Crippen molar-refractivity contribution in [3.8, 4) is 16.8 Å². The third kappa shape index (κ3) is 5.19. The Morgan fingerprint density at radius 1 is 0.905 bits per heavy atom. The number of aromatic nitrogens is 1. The number of amides is 2. The zero-order valence-corrected chi connectivity index (χ0v) is 22.3. The predicted octanol–water partition coefficient (Wildman–Crippen LogP) is 3.81. The number of likely N-dealkylation sites (N-methyl/N-ethyl adjacent to an activating group) is 1. The Labute approximate surface area is 233 Å². The van der Waals surface area contributed by atoms with Crippen molar-refractivity contribution in [2.24, 2.45) is 11.5 Å². The molecule has 1 fully saturated rings. The fraction of sp³-hybridized carbons (Fsp3) is 0.296. The van der Waals surface area contributed by atoms with E-state index in [1.807, 2.05) is 4.90 Å². The standard InChI is InChI=1S/C27H24F7N5O3/c1-11-8-38(9-12(2)37(11)3)23-20(26(36)42)21(30)19(14-5-4-13(28)6-17(14)29)22(31)24(23)39-10-15(25(35)41)16(7-18(39)40)27(32,33)34/h4-7,10-12H,8-9H2,1-3H3,(H2,35,41)(H2,36,42)/t11-,12+. The van der Waals surface area contributed by atoms with Gasteiger partial charge in [0.15, 0.2) is 5.82 Å². The normalized spacial score (nSPS) is 17.9. The summed E-state index contributed by atoms with van der Waals surface area (Å²) in [6.07, 6.45) is -4.91. The Morgan fingerprint density at radius 2 is 1.50 bits per heavy atom. The number of piperazine rings is 1. The van der Waals surface area contributed by atoms with Crippen molar-refractivity contribution < 1.29 is 40.3 Å². The highest BCUT2D eigenvalue weighted by molar-refractivity contribution is 6.03. The van der Waals surface area contributed by atoms with Crippen LogP contribution in [0.25, 0.3) is 16.8 Å². The lowest BCUT2D eigenvalue weighted by Crippen LogP contribution is -2.55. The Balaban J connectivity index is 2.22. The van der Waals surface area contributed by atoms with Crippen LogP contribution in [0.2, 0.25) is 0 Å². The number of anilines is 1. The van der Waals surface area contributed by atoms with Crippen LogP contribution in [0, 0.1) is 23.3 Å². The highest BCUT2D eigenvalue weighted by Gasteiger charge is 2.39. The van der Waals surface area contributed by atoms with Crippen LogP contribution in [0.4, 0.5) is 36.4 Å². The lowest BCUT2D eigenvalue weighted by atomic mass is 9.95. The van der Waals surface area contributed by atoms with Gasteiger partial charge in [0.2, 0.25) is 0 Å². The van der Waals surface area contributed by atoms with Crippen LogP contribution in [0.5, 0.6) is 0 Å². The number of hydrogen-bond acceptors (Lipinski definition) is 5. The van der Waals surface area contributed by atoms with E-state index in [0.29, 0.717) is 24.4 Å².